The number of benzene rings is 1. The lowest BCUT2D eigenvalue weighted by Crippen LogP contribution is -2.62. The Labute approximate surface area is 191 Å². The second-order valence-corrected chi connectivity index (χ2v) is 8.41. The molecule has 0 aliphatic carbocycles. The molecule has 3 heterocycles. The van der Waals surface area contributed by atoms with Crippen molar-refractivity contribution in [3.05, 3.63) is 29.3 Å². The summed E-state index contributed by atoms with van der Waals surface area (Å²) in [6.07, 6.45) is 0. The smallest absolute Gasteiger partial charge is 0.347 e. The van der Waals surface area contributed by atoms with Crippen LogP contribution in [0.3, 0.4) is 0 Å². The molecule has 1 atom stereocenters. The Bertz CT molecular complexity index is 1020. The Morgan fingerprint density at radius 1 is 1.19 bits per heavy atom. The number of piperazine rings is 1. The lowest BCUT2D eigenvalue weighted by atomic mass is 10.1. The van der Waals surface area contributed by atoms with E-state index in [0.717, 1.165) is 36.8 Å². The van der Waals surface area contributed by atoms with Crippen LogP contribution in [-0.4, -0.2) is 115 Å². The number of anilines is 1. The van der Waals surface area contributed by atoms with Crippen molar-refractivity contribution in [2.75, 3.05) is 65.4 Å². The number of hydrogen-bond acceptors (Lipinski definition) is 7. The third kappa shape index (κ3) is 4.07. The number of hydrogen-bond donors (Lipinski definition) is 0. The number of urea groups is 1. The highest BCUT2D eigenvalue weighted by Gasteiger charge is 2.53. The highest BCUT2D eigenvalue weighted by atomic mass is 35.5. The fraction of sp³-hybridized carbons (Fsp3) is 0.476. The molecule has 3 aliphatic heterocycles. The second-order valence-electron chi connectivity index (χ2n) is 7.97. The average Bonchev–Trinajstić information content (AvgIpc) is 3.14. The van der Waals surface area contributed by atoms with Crippen molar-refractivity contribution in [3.8, 4) is 0 Å². The van der Waals surface area contributed by atoms with Crippen LogP contribution in [0.5, 0.6) is 0 Å². The van der Waals surface area contributed by atoms with E-state index in [9.17, 15) is 14.4 Å². The molecule has 4 rings (SSSR count). The van der Waals surface area contributed by atoms with Gasteiger partial charge in [0.05, 0.1) is 7.11 Å². The Hall–Kier alpha value is -2.98. The quantitative estimate of drug-likeness (QED) is 0.464. The summed E-state index contributed by atoms with van der Waals surface area (Å²) in [6.45, 7) is 3.52. The minimum atomic E-state index is -0.815. The zero-order valence-corrected chi connectivity index (χ0v) is 19.1. The molecule has 2 fully saturated rings. The molecule has 0 spiro atoms. The third-order valence-corrected chi connectivity index (χ3v) is 6.29. The standard InChI is InChI=1S/C21H26ClN6O4/c1-24-19-18(20(30)25(2)21(24)31)28(13-17(29)32-3)16(23-19)12-26-7-9-27(10-8-26)15-6-4-5-14(22)11-15/h4-6,11,18H,7-10,12-13H2,1-3H3/q+1. The maximum Gasteiger partial charge on any atom is 0.347 e. The predicted molar refractivity (Wildman–Crippen MR) is 119 cm³/mol. The van der Waals surface area contributed by atoms with Crippen molar-refractivity contribution in [2.24, 2.45) is 4.99 Å². The molecule has 0 saturated carbocycles. The number of carbonyl (C=O) groups is 3. The molecular formula is C21H26ClN6O4+. The molecule has 3 amide bonds. The van der Waals surface area contributed by atoms with Crippen LogP contribution in [0.1, 0.15) is 0 Å². The van der Waals surface area contributed by atoms with Crippen LogP contribution in [-0.2, 0) is 14.3 Å². The van der Waals surface area contributed by atoms with E-state index in [1.54, 1.807) is 11.6 Å². The van der Waals surface area contributed by atoms with Gasteiger partial charge < -0.3 is 9.64 Å². The van der Waals surface area contributed by atoms with Gasteiger partial charge in [-0.1, -0.05) is 17.7 Å². The number of esters is 1. The molecule has 3 aliphatic rings. The van der Waals surface area contributed by atoms with E-state index >= 15 is 0 Å². The molecule has 0 N–H and O–H groups in total. The first-order valence-corrected chi connectivity index (χ1v) is 10.7. The lowest BCUT2D eigenvalue weighted by Gasteiger charge is -2.35. The third-order valence-electron chi connectivity index (χ3n) is 6.05. The van der Waals surface area contributed by atoms with Gasteiger partial charge in [-0.15, -0.1) is 0 Å². The molecule has 0 bridgehead atoms. The van der Waals surface area contributed by atoms with Crippen LogP contribution in [0.15, 0.2) is 29.3 Å². The van der Waals surface area contributed by atoms with E-state index in [1.165, 1.54) is 19.1 Å². The van der Waals surface area contributed by atoms with E-state index in [0.29, 0.717) is 23.2 Å². The molecular weight excluding hydrogens is 436 g/mol. The minimum Gasteiger partial charge on any atom is -0.466 e. The van der Waals surface area contributed by atoms with Gasteiger partial charge in [0.25, 0.3) is 17.8 Å². The average molecular weight is 462 g/mol. The highest BCUT2D eigenvalue weighted by molar-refractivity contribution is 6.30. The van der Waals surface area contributed by atoms with Gasteiger partial charge in [0.15, 0.2) is 6.54 Å². The normalized spacial score (nSPS) is 21.8. The highest BCUT2D eigenvalue weighted by Crippen LogP contribution is 2.22. The van der Waals surface area contributed by atoms with Crippen molar-refractivity contribution in [1.82, 2.24) is 14.7 Å². The van der Waals surface area contributed by atoms with Gasteiger partial charge in [0.2, 0.25) is 0 Å². The first kappa shape index (κ1) is 22.2. The van der Waals surface area contributed by atoms with Gasteiger partial charge >= 0.3 is 17.8 Å². The molecule has 32 heavy (non-hydrogen) atoms. The van der Waals surface area contributed by atoms with Gasteiger partial charge in [-0.05, 0) is 23.2 Å². The molecule has 170 valence electrons. The van der Waals surface area contributed by atoms with Gasteiger partial charge in [-0.25, -0.2) is 14.2 Å². The van der Waals surface area contributed by atoms with Crippen molar-refractivity contribution in [2.45, 2.75) is 6.04 Å². The molecule has 1 aromatic rings. The number of ether oxygens (including phenoxy) is 1. The fourth-order valence-corrected chi connectivity index (χ4v) is 4.38. The Morgan fingerprint density at radius 2 is 1.91 bits per heavy atom. The number of aliphatic imine (C=N–C) groups is 1. The summed E-state index contributed by atoms with van der Waals surface area (Å²) < 4.78 is 6.48. The summed E-state index contributed by atoms with van der Waals surface area (Å²) in [5.74, 6) is 0.0423. The Morgan fingerprint density at radius 3 is 2.56 bits per heavy atom. The number of amidine groups is 2. The van der Waals surface area contributed by atoms with E-state index in [1.807, 2.05) is 24.3 Å². The summed E-state index contributed by atoms with van der Waals surface area (Å²) in [4.78, 5) is 48.8. The Kier molecular flexibility index (Phi) is 6.16. The van der Waals surface area contributed by atoms with Crippen molar-refractivity contribution in [3.63, 3.8) is 0 Å². The zero-order valence-electron chi connectivity index (χ0n) is 18.3. The fourth-order valence-electron chi connectivity index (χ4n) is 4.20. The summed E-state index contributed by atoms with van der Waals surface area (Å²) in [5, 5.41) is 0.705. The number of nitrogens with zero attached hydrogens (tertiary/aromatic N) is 6. The molecule has 1 unspecified atom stereocenters. The number of halogens is 1. The van der Waals surface area contributed by atoms with E-state index in [-0.39, 0.29) is 6.54 Å². The number of carbonyl (C=O) groups excluding carboxylic acids is 3. The molecule has 0 aromatic heterocycles. The van der Waals surface area contributed by atoms with Crippen LogP contribution in [0.25, 0.3) is 0 Å². The monoisotopic (exact) mass is 461 g/mol. The van der Waals surface area contributed by atoms with Crippen LogP contribution in [0.4, 0.5) is 10.5 Å². The number of rotatable bonds is 5. The van der Waals surface area contributed by atoms with Gasteiger partial charge in [0.1, 0.15) is 6.54 Å². The largest absolute Gasteiger partial charge is 0.466 e. The second kappa shape index (κ2) is 8.87. The van der Waals surface area contributed by atoms with E-state index < -0.39 is 23.9 Å². The first-order valence-electron chi connectivity index (χ1n) is 10.4. The maximum atomic E-state index is 12.9. The van der Waals surface area contributed by atoms with Gasteiger partial charge in [0, 0.05) is 51.0 Å². The number of imide groups is 1. The topological polar surface area (TPSA) is 88.8 Å². The molecule has 0 radical (unpaired) electrons. The zero-order chi connectivity index (χ0) is 23.0. The maximum absolute atomic E-state index is 12.9. The molecule has 10 nitrogen and oxygen atoms in total. The molecule has 1 aromatic carbocycles. The number of methoxy groups -OCH3 is 1. The van der Waals surface area contributed by atoms with Crippen LogP contribution in [0, 0.1) is 0 Å². The summed E-state index contributed by atoms with van der Waals surface area (Å²) >= 11 is 6.12. The van der Waals surface area contributed by atoms with Crippen LogP contribution < -0.4 is 4.90 Å². The summed E-state index contributed by atoms with van der Waals surface area (Å²) in [7, 11) is 4.32. The molecule has 2 saturated heterocycles. The number of likely N-dealkylation sites (N-methyl/N-ethyl adjacent to an activating group) is 2. The minimum absolute atomic E-state index is 0.117. The first-order chi connectivity index (χ1) is 15.3. The van der Waals surface area contributed by atoms with Crippen molar-refractivity contribution < 1.29 is 23.7 Å². The molecule has 11 heteroatoms. The Balaban J connectivity index is 1.53. The van der Waals surface area contributed by atoms with Gasteiger partial charge in [-0.3, -0.25) is 19.5 Å². The SMILES string of the molecule is COC(=O)C[N+]1=C(CN2CCN(c3cccc(Cl)c3)CC2)N=C2C1C(=O)N(C)C(=O)N2C. The number of amides is 3. The van der Waals surface area contributed by atoms with Crippen LogP contribution in [0.2, 0.25) is 5.02 Å². The van der Waals surface area contributed by atoms with Crippen molar-refractivity contribution >= 4 is 46.9 Å². The summed E-state index contributed by atoms with van der Waals surface area (Å²) in [6, 6.07) is 6.52. The van der Waals surface area contributed by atoms with Crippen molar-refractivity contribution in [1.29, 1.82) is 0 Å². The summed E-state index contributed by atoms with van der Waals surface area (Å²) in [5.41, 5.74) is 1.08. The predicted octanol–water partition coefficient (Wildman–Crippen LogP) is 0.351. The lowest BCUT2D eigenvalue weighted by molar-refractivity contribution is -0.527. The number of fused-ring (bicyclic) bond motifs is 1. The van der Waals surface area contributed by atoms with Crippen LogP contribution >= 0.6 is 11.6 Å². The van der Waals surface area contributed by atoms with E-state index in [2.05, 4.69) is 14.8 Å². The van der Waals surface area contributed by atoms with Gasteiger partial charge in [-0.2, -0.15) is 0 Å². The van der Waals surface area contributed by atoms with E-state index in [4.69, 9.17) is 16.3 Å².